The molecule has 0 aromatic heterocycles. The summed E-state index contributed by atoms with van der Waals surface area (Å²) in [7, 11) is 0. The third-order valence-corrected chi connectivity index (χ3v) is 1.39. The van der Waals surface area contributed by atoms with E-state index in [0.29, 0.717) is 0 Å². The number of hydrogen-bond donors (Lipinski definition) is 1. The van der Waals surface area contributed by atoms with Gasteiger partial charge in [0.25, 0.3) is 0 Å². The van der Waals surface area contributed by atoms with Crippen LogP contribution in [0.5, 0.6) is 0 Å². The summed E-state index contributed by atoms with van der Waals surface area (Å²) in [4.78, 5) is 10.9. The fourth-order valence-electron chi connectivity index (χ4n) is 0.399. The fourth-order valence-corrected chi connectivity index (χ4v) is 0.399. The van der Waals surface area contributed by atoms with Crippen molar-refractivity contribution in [3.8, 4) is 6.07 Å². The highest BCUT2D eigenvalue weighted by molar-refractivity contribution is 5.85. The summed E-state index contributed by atoms with van der Waals surface area (Å²) in [6, 6.07) is 1.75. The van der Waals surface area contributed by atoms with Gasteiger partial charge in [0, 0.05) is 5.41 Å². The predicted octanol–water partition coefficient (Wildman–Crippen LogP) is 0.488. The first-order valence-electron chi connectivity index (χ1n) is 3.05. The average molecular weight is 141 g/mol. The highest BCUT2D eigenvalue weighted by atomic mass is 16.3. The Morgan fingerprint density at radius 3 is 2.50 bits per heavy atom. The van der Waals surface area contributed by atoms with Gasteiger partial charge in [-0.2, -0.15) is 5.26 Å². The van der Waals surface area contributed by atoms with Crippen LogP contribution in [-0.4, -0.2) is 17.5 Å². The van der Waals surface area contributed by atoms with Crippen molar-refractivity contribution in [1.82, 2.24) is 0 Å². The predicted molar refractivity (Wildman–Crippen MR) is 36.1 cm³/mol. The quantitative estimate of drug-likeness (QED) is 0.622. The Morgan fingerprint density at radius 2 is 2.20 bits per heavy atom. The molecule has 3 heteroatoms. The van der Waals surface area contributed by atoms with Gasteiger partial charge in [0.15, 0.2) is 5.78 Å². The van der Waals surface area contributed by atoms with E-state index in [0.717, 1.165) is 0 Å². The van der Waals surface area contributed by atoms with Crippen molar-refractivity contribution in [2.45, 2.75) is 20.3 Å². The van der Waals surface area contributed by atoms with Gasteiger partial charge >= 0.3 is 0 Å². The zero-order chi connectivity index (χ0) is 8.20. The highest BCUT2D eigenvalue weighted by Crippen LogP contribution is 2.16. The molecule has 0 bridgehead atoms. The van der Waals surface area contributed by atoms with Crippen LogP contribution in [0.25, 0.3) is 0 Å². The Kier molecular flexibility index (Phi) is 3.04. The molecule has 0 atom stereocenters. The molecule has 0 amide bonds. The number of nitriles is 1. The lowest BCUT2D eigenvalue weighted by Gasteiger charge is -2.17. The Hall–Kier alpha value is -0.880. The summed E-state index contributed by atoms with van der Waals surface area (Å²) in [5.74, 6) is -0.211. The van der Waals surface area contributed by atoms with Crippen molar-refractivity contribution in [2.24, 2.45) is 5.41 Å². The smallest absolute Gasteiger partial charge is 0.154 e. The van der Waals surface area contributed by atoms with E-state index in [2.05, 4.69) is 0 Å². The van der Waals surface area contributed by atoms with Gasteiger partial charge in [-0.15, -0.1) is 0 Å². The largest absolute Gasteiger partial charge is 0.395 e. The molecule has 0 saturated heterocycles. The van der Waals surface area contributed by atoms with Crippen LogP contribution in [-0.2, 0) is 4.79 Å². The van der Waals surface area contributed by atoms with Gasteiger partial charge < -0.3 is 5.11 Å². The maximum atomic E-state index is 10.9. The first-order valence-corrected chi connectivity index (χ1v) is 3.05. The summed E-state index contributed by atoms with van der Waals surface area (Å²) in [5.41, 5.74) is -0.754. The molecular weight excluding hydrogens is 130 g/mol. The maximum Gasteiger partial charge on any atom is 0.154 e. The molecule has 1 N–H and O–H groups in total. The number of carbonyl (C=O) groups is 1. The second-order valence-corrected chi connectivity index (χ2v) is 2.80. The van der Waals surface area contributed by atoms with Gasteiger partial charge in [-0.05, 0) is 0 Å². The fraction of sp³-hybridized carbons (Fsp3) is 0.714. The summed E-state index contributed by atoms with van der Waals surface area (Å²) >= 11 is 0. The maximum absolute atomic E-state index is 10.9. The highest BCUT2D eigenvalue weighted by Gasteiger charge is 2.25. The van der Waals surface area contributed by atoms with E-state index in [-0.39, 0.29) is 18.8 Å². The zero-order valence-electron chi connectivity index (χ0n) is 6.22. The molecular formula is C7H11NO2. The van der Waals surface area contributed by atoms with Gasteiger partial charge in [-0.1, -0.05) is 13.8 Å². The van der Waals surface area contributed by atoms with Crippen molar-refractivity contribution in [2.75, 3.05) is 6.61 Å². The number of rotatable bonds is 3. The van der Waals surface area contributed by atoms with Crippen LogP contribution in [0.3, 0.4) is 0 Å². The Balaban J connectivity index is 4.08. The molecule has 0 saturated carbocycles. The SMILES string of the molecule is CC(C)(CO)C(=O)CC#N. The van der Waals surface area contributed by atoms with Crippen LogP contribution in [0.15, 0.2) is 0 Å². The minimum absolute atomic E-state index is 0.118. The average Bonchev–Trinajstić information content (AvgIpc) is 1.89. The third-order valence-electron chi connectivity index (χ3n) is 1.39. The molecule has 56 valence electrons. The number of aliphatic hydroxyl groups is 1. The standard InChI is InChI=1S/C7H11NO2/c1-7(2,5-9)6(10)3-4-8/h9H,3,5H2,1-2H3. The van der Waals surface area contributed by atoms with Crippen molar-refractivity contribution in [1.29, 1.82) is 5.26 Å². The molecule has 0 aromatic rings. The summed E-state index contributed by atoms with van der Waals surface area (Å²) in [6.45, 7) is 3.03. The van der Waals surface area contributed by atoms with Crippen LogP contribution < -0.4 is 0 Å². The summed E-state index contributed by atoms with van der Waals surface area (Å²) < 4.78 is 0. The minimum Gasteiger partial charge on any atom is -0.395 e. The van der Waals surface area contributed by atoms with Gasteiger partial charge in [-0.3, -0.25) is 4.79 Å². The van der Waals surface area contributed by atoms with Crippen LogP contribution >= 0.6 is 0 Å². The Labute approximate surface area is 60.3 Å². The molecule has 0 unspecified atom stereocenters. The number of nitrogens with zero attached hydrogens (tertiary/aromatic N) is 1. The van der Waals surface area contributed by atoms with E-state index in [1.54, 1.807) is 19.9 Å². The molecule has 0 radical (unpaired) electrons. The van der Waals surface area contributed by atoms with Crippen LogP contribution in [0.4, 0.5) is 0 Å². The lowest BCUT2D eigenvalue weighted by Crippen LogP contribution is -2.27. The van der Waals surface area contributed by atoms with E-state index >= 15 is 0 Å². The number of aliphatic hydroxyl groups excluding tert-OH is 1. The van der Waals surface area contributed by atoms with Crippen molar-refractivity contribution in [3.05, 3.63) is 0 Å². The molecule has 0 aliphatic carbocycles. The Bertz CT molecular complexity index is 167. The lowest BCUT2D eigenvalue weighted by molar-refractivity contribution is -0.127. The lowest BCUT2D eigenvalue weighted by atomic mass is 9.88. The molecule has 0 rings (SSSR count). The van der Waals surface area contributed by atoms with Crippen LogP contribution in [0.2, 0.25) is 0 Å². The first-order chi connectivity index (χ1) is 4.54. The van der Waals surface area contributed by atoms with Crippen LogP contribution in [0.1, 0.15) is 20.3 Å². The molecule has 0 fully saturated rings. The topological polar surface area (TPSA) is 61.1 Å². The minimum atomic E-state index is -0.754. The first kappa shape index (κ1) is 9.12. The van der Waals surface area contributed by atoms with Crippen molar-refractivity contribution < 1.29 is 9.90 Å². The molecule has 10 heavy (non-hydrogen) atoms. The van der Waals surface area contributed by atoms with Gasteiger partial charge in [0.05, 0.1) is 19.1 Å². The van der Waals surface area contributed by atoms with Gasteiger partial charge in [0.2, 0.25) is 0 Å². The molecule has 3 nitrogen and oxygen atoms in total. The van der Waals surface area contributed by atoms with Gasteiger partial charge in [0.1, 0.15) is 0 Å². The molecule has 0 spiro atoms. The second kappa shape index (κ2) is 3.33. The number of Topliss-reactive ketones (excluding diaryl/α,β-unsaturated/α-hetero) is 1. The second-order valence-electron chi connectivity index (χ2n) is 2.80. The third kappa shape index (κ3) is 2.16. The van der Waals surface area contributed by atoms with Gasteiger partial charge in [-0.25, -0.2) is 0 Å². The van der Waals surface area contributed by atoms with E-state index in [1.165, 1.54) is 0 Å². The number of hydrogen-bond acceptors (Lipinski definition) is 3. The Morgan fingerprint density at radius 1 is 1.70 bits per heavy atom. The van der Waals surface area contributed by atoms with Crippen molar-refractivity contribution >= 4 is 5.78 Å². The van der Waals surface area contributed by atoms with E-state index in [4.69, 9.17) is 10.4 Å². The van der Waals surface area contributed by atoms with Crippen molar-refractivity contribution in [3.63, 3.8) is 0 Å². The summed E-state index contributed by atoms with van der Waals surface area (Å²) in [6.07, 6.45) is -0.118. The number of ketones is 1. The van der Waals surface area contributed by atoms with E-state index < -0.39 is 5.41 Å². The molecule has 0 heterocycles. The normalized spacial score (nSPS) is 10.6. The number of carbonyl (C=O) groups excluding carboxylic acids is 1. The van der Waals surface area contributed by atoms with Crippen LogP contribution in [0, 0.1) is 16.7 Å². The molecule has 0 aliphatic heterocycles. The summed E-state index contributed by atoms with van der Waals surface area (Å²) in [5, 5.41) is 16.8. The van der Waals surface area contributed by atoms with E-state index in [9.17, 15) is 4.79 Å². The monoisotopic (exact) mass is 141 g/mol. The molecule has 0 aromatic carbocycles. The molecule has 0 aliphatic rings. The zero-order valence-corrected chi connectivity index (χ0v) is 6.22. The van der Waals surface area contributed by atoms with E-state index in [1.807, 2.05) is 0 Å².